The van der Waals surface area contributed by atoms with Gasteiger partial charge >= 0.3 is 5.97 Å². The number of benzene rings is 2. The zero-order chi connectivity index (χ0) is 16.8. The van der Waals surface area contributed by atoms with E-state index in [1.807, 2.05) is 0 Å². The quantitative estimate of drug-likeness (QED) is 0.605. The van der Waals surface area contributed by atoms with Crippen LogP contribution in [0.25, 0.3) is 0 Å². The summed E-state index contributed by atoms with van der Waals surface area (Å²) in [5.74, 6) is 0.643. The van der Waals surface area contributed by atoms with Crippen molar-refractivity contribution in [3.05, 3.63) is 59.7 Å². The van der Waals surface area contributed by atoms with Crippen LogP contribution in [0.1, 0.15) is 27.6 Å². The number of methoxy groups -OCH3 is 2. The molecule has 5 heteroatoms. The lowest BCUT2D eigenvalue weighted by atomic mass is 10.1. The molecule has 0 aliphatic carbocycles. The maximum Gasteiger partial charge on any atom is 0.337 e. The summed E-state index contributed by atoms with van der Waals surface area (Å²) < 4.78 is 15.3. The molecule has 0 unspecified atom stereocenters. The van der Waals surface area contributed by atoms with Gasteiger partial charge in [-0.05, 0) is 55.5 Å². The lowest BCUT2D eigenvalue weighted by Gasteiger charge is -2.14. The number of hydrogen-bond donors (Lipinski definition) is 0. The second-order valence-electron chi connectivity index (χ2n) is 4.87. The molecular formula is C18H18O5. The van der Waals surface area contributed by atoms with Crippen molar-refractivity contribution in [1.29, 1.82) is 0 Å². The molecule has 0 N–H and O–H groups in total. The molecule has 2 aromatic rings. The smallest absolute Gasteiger partial charge is 0.337 e. The van der Waals surface area contributed by atoms with Gasteiger partial charge in [0.05, 0.1) is 19.8 Å². The minimum absolute atomic E-state index is 0.135. The molecule has 0 heterocycles. The van der Waals surface area contributed by atoms with E-state index in [-0.39, 0.29) is 5.78 Å². The van der Waals surface area contributed by atoms with E-state index in [9.17, 15) is 9.59 Å². The van der Waals surface area contributed by atoms with Gasteiger partial charge < -0.3 is 14.2 Å². The molecule has 2 rings (SSSR count). The molecule has 0 saturated carbocycles. The van der Waals surface area contributed by atoms with Gasteiger partial charge in [0.2, 0.25) is 5.78 Å². The molecule has 5 nitrogen and oxygen atoms in total. The molecule has 1 atom stereocenters. The zero-order valence-electron chi connectivity index (χ0n) is 13.2. The first-order valence-corrected chi connectivity index (χ1v) is 7.08. The minimum atomic E-state index is -0.646. The number of carbonyl (C=O) groups excluding carboxylic acids is 2. The van der Waals surface area contributed by atoms with Crippen LogP contribution in [-0.2, 0) is 4.74 Å². The van der Waals surface area contributed by atoms with E-state index in [0.717, 1.165) is 0 Å². The van der Waals surface area contributed by atoms with Crippen molar-refractivity contribution in [2.24, 2.45) is 0 Å². The Morgan fingerprint density at radius 3 is 1.87 bits per heavy atom. The third kappa shape index (κ3) is 4.10. The molecular weight excluding hydrogens is 296 g/mol. The standard InChI is InChI=1S/C18H18O5/c1-12(17(19)13-4-8-15(21-2)9-5-13)23-16-10-6-14(7-11-16)18(20)22-3/h4-12H,1-3H3/t12-/m1/s1. The third-order valence-corrected chi connectivity index (χ3v) is 3.33. The van der Waals surface area contributed by atoms with Gasteiger partial charge in [-0.2, -0.15) is 0 Å². The first-order valence-electron chi connectivity index (χ1n) is 7.08. The highest BCUT2D eigenvalue weighted by Crippen LogP contribution is 2.18. The van der Waals surface area contributed by atoms with Crippen LogP contribution < -0.4 is 9.47 Å². The molecule has 23 heavy (non-hydrogen) atoms. The molecule has 0 radical (unpaired) electrons. The van der Waals surface area contributed by atoms with E-state index in [0.29, 0.717) is 22.6 Å². The van der Waals surface area contributed by atoms with Crippen LogP contribution in [0.15, 0.2) is 48.5 Å². The predicted octanol–water partition coefficient (Wildman–Crippen LogP) is 3.13. The maximum absolute atomic E-state index is 12.3. The molecule has 0 fully saturated rings. The normalized spacial score (nSPS) is 11.4. The Hall–Kier alpha value is -2.82. The fourth-order valence-electron chi connectivity index (χ4n) is 2.04. The van der Waals surface area contributed by atoms with Crippen molar-refractivity contribution in [1.82, 2.24) is 0 Å². The second kappa shape index (κ2) is 7.45. The van der Waals surface area contributed by atoms with Gasteiger partial charge in [0.1, 0.15) is 11.5 Å². The Labute approximate surface area is 134 Å². The third-order valence-electron chi connectivity index (χ3n) is 3.33. The zero-order valence-corrected chi connectivity index (χ0v) is 13.2. The van der Waals surface area contributed by atoms with Crippen molar-refractivity contribution in [2.45, 2.75) is 13.0 Å². The topological polar surface area (TPSA) is 61.8 Å². The van der Waals surface area contributed by atoms with Crippen molar-refractivity contribution in [3.63, 3.8) is 0 Å². The number of hydrogen-bond acceptors (Lipinski definition) is 5. The molecule has 0 saturated heterocycles. The van der Waals surface area contributed by atoms with Crippen LogP contribution in [0.3, 0.4) is 0 Å². The molecule has 2 aromatic carbocycles. The number of ether oxygens (including phenoxy) is 3. The largest absolute Gasteiger partial charge is 0.497 e. The van der Waals surface area contributed by atoms with Crippen molar-refractivity contribution >= 4 is 11.8 Å². The minimum Gasteiger partial charge on any atom is -0.497 e. The molecule has 120 valence electrons. The Bertz CT molecular complexity index is 674. The number of rotatable bonds is 6. The summed E-state index contributed by atoms with van der Waals surface area (Å²) in [5, 5.41) is 0. The van der Waals surface area contributed by atoms with Gasteiger partial charge in [0, 0.05) is 5.56 Å². The van der Waals surface area contributed by atoms with E-state index in [2.05, 4.69) is 4.74 Å². The summed E-state index contributed by atoms with van der Waals surface area (Å²) >= 11 is 0. The van der Waals surface area contributed by atoms with Crippen LogP contribution in [0.2, 0.25) is 0 Å². The fourth-order valence-corrected chi connectivity index (χ4v) is 2.04. The fraction of sp³-hybridized carbons (Fsp3) is 0.222. The first-order chi connectivity index (χ1) is 11.0. The Morgan fingerprint density at radius 1 is 0.826 bits per heavy atom. The summed E-state index contributed by atoms with van der Waals surface area (Å²) in [6, 6.07) is 13.3. The summed E-state index contributed by atoms with van der Waals surface area (Å²) in [6.45, 7) is 1.68. The van der Waals surface area contributed by atoms with E-state index in [4.69, 9.17) is 9.47 Å². The average Bonchev–Trinajstić information content (AvgIpc) is 2.61. The number of carbonyl (C=O) groups is 2. The van der Waals surface area contributed by atoms with Crippen LogP contribution in [-0.4, -0.2) is 32.1 Å². The first kappa shape index (κ1) is 16.5. The highest BCUT2D eigenvalue weighted by molar-refractivity contribution is 5.99. The molecule has 0 bridgehead atoms. The SMILES string of the molecule is COC(=O)c1ccc(O[C@H](C)C(=O)c2ccc(OC)cc2)cc1. The van der Waals surface area contributed by atoms with Gasteiger partial charge in [0.25, 0.3) is 0 Å². The van der Waals surface area contributed by atoms with E-state index in [1.54, 1.807) is 62.6 Å². The predicted molar refractivity (Wildman–Crippen MR) is 85.2 cm³/mol. The van der Waals surface area contributed by atoms with Crippen molar-refractivity contribution in [2.75, 3.05) is 14.2 Å². The van der Waals surface area contributed by atoms with Gasteiger partial charge in [-0.15, -0.1) is 0 Å². The Balaban J connectivity index is 2.03. The van der Waals surface area contributed by atoms with Crippen molar-refractivity contribution < 1.29 is 23.8 Å². The average molecular weight is 314 g/mol. The monoisotopic (exact) mass is 314 g/mol. The molecule has 0 aliphatic rings. The molecule has 0 spiro atoms. The summed E-state index contributed by atoms with van der Waals surface area (Å²) in [5.41, 5.74) is 0.971. The summed E-state index contributed by atoms with van der Waals surface area (Å²) in [7, 11) is 2.89. The van der Waals surface area contributed by atoms with Crippen LogP contribution in [0, 0.1) is 0 Å². The highest BCUT2D eigenvalue weighted by atomic mass is 16.5. The summed E-state index contributed by atoms with van der Waals surface area (Å²) in [6.07, 6.45) is -0.646. The van der Waals surface area contributed by atoms with Gasteiger partial charge in [-0.1, -0.05) is 0 Å². The Morgan fingerprint density at radius 2 is 1.35 bits per heavy atom. The Kier molecular flexibility index (Phi) is 5.36. The number of esters is 1. The number of Topliss-reactive ketones (excluding diaryl/α,β-unsaturated/α-hetero) is 1. The van der Waals surface area contributed by atoms with Gasteiger partial charge in [-0.3, -0.25) is 4.79 Å². The van der Waals surface area contributed by atoms with Crippen LogP contribution in [0.5, 0.6) is 11.5 Å². The van der Waals surface area contributed by atoms with Gasteiger partial charge in [-0.25, -0.2) is 4.79 Å². The maximum atomic E-state index is 12.3. The summed E-state index contributed by atoms with van der Waals surface area (Å²) in [4.78, 5) is 23.7. The number of ketones is 1. The van der Waals surface area contributed by atoms with E-state index >= 15 is 0 Å². The lowest BCUT2D eigenvalue weighted by Crippen LogP contribution is -2.23. The van der Waals surface area contributed by atoms with Crippen LogP contribution >= 0.6 is 0 Å². The second-order valence-corrected chi connectivity index (χ2v) is 4.87. The molecule has 0 amide bonds. The van der Waals surface area contributed by atoms with Gasteiger partial charge in [0.15, 0.2) is 6.10 Å². The molecule has 0 aliphatic heterocycles. The lowest BCUT2D eigenvalue weighted by molar-refractivity contribution is 0.0600. The van der Waals surface area contributed by atoms with Crippen molar-refractivity contribution in [3.8, 4) is 11.5 Å². The van der Waals surface area contributed by atoms with Crippen LogP contribution in [0.4, 0.5) is 0 Å². The van der Waals surface area contributed by atoms with E-state index < -0.39 is 12.1 Å². The molecule has 0 aromatic heterocycles. The van der Waals surface area contributed by atoms with E-state index in [1.165, 1.54) is 7.11 Å². The highest BCUT2D eigenvalue weighted by Gasteiger charge is 2.17.